The third-order valence-electron chi connectivity index (χ3n) is 4.87. The number of hydrogen-bond acceptors (Lipinski definition) is 4. The first-order chi connectivity index (χ1) is 9.71. The highest BCUT2D eigenvalue weighted by Gasteiger charge is 2.44. The smallest absolute Gasteiger partial charge is 0.305 e. The number of hydrogen-bond donors (Lipinski definition) is 3. The van der Waals surface area contributed by atoms with Crippen LogP contribution in [0.25, 0.3) is 0 Å². The van der Waals surface area contributed by atoms with E-state index in [0.29, 0.717) is 18.2 Å². The van der Waals surface area contributed by atoms with Crippen LogP contribution in [0.5, 0.6) is 0 Å². The van der Waals surface area contributed by atoms with E-state index in [1.54, 1.807) is 0 Å². The lowest BCUT2D eigenvalue weighted by atomic mass is 9.85. The summed E-state index contributed by atoms with van der Waals surface area (Å²) in [5.41, 5.74) is 6.38. The molecule has 0 spiro atoms. The maximum absolute atomic E-state index is 10.8. The summed E-state index contributed by atoms with van der Waals surface area (Å²) in [5.74, 6) is -0.249. The van der Waals surface area contributed by atoms with Crippen molar-refractivity contribution >= 4 is 12.3 Å². The van der Waals surface area contributed by atoms with Crippen LogP contribution in [-0.4, -0.2) is 35.5 Å². The third kappa shape index (κ3) is 6.14. The Morgan fingerprint density at radius 1 is 1.48 bits per heavy atom. The quantitative estimate of drug-likeness (QED) is 0.507. The predicted molar refractivity (Wildman–Crippen MR) is 83.1 cm³/mol. The molecule has 0 aliphatic heterocycles. The number of carbonyl (C=O) groups excluding carboxylic acids is 1. The molecule has 1 unspecified atom stereocenters. The van der Waals surface area contributed by atoms with Gasteiger partial charge in [0.05, 0.1) is 12.5 Å². The van der Waals surface area contributed by atoms with Gasteiger partial charge in [0.1, 0.15) is 6.29 Å². The molecule has 1 saturated carbocycles. The van der Waals surface area contributed by atoms with Crippen molar-refractivity contribution in [2.45, 2.75) is 70.9 Å². The number of rotatable bonds is 11. The van der Waals surface area contributed by atoms with Crippen LogP contribution in [0.4, 0.5) is 0 Å². The van der Waals surface area contributed by atoms with Crippen molar-refractivity contribution in [2.75, 3.05) is 6.54 Å². The standard InChI is InChI=1S/C16H30N2O3/c1-12(2)16(7-8-16)6-4-5-15(3,17)11-18-13(10-19)9-14(20)21/h10,12-13,18H,4-9,11,17H2,1-3H3,(H,20,21)/t13-,15?/m1/s1. The Kier molecular flexibility index (Phi) is 6.35. The van der Waals surface area contributed by atoms with Gasteiger partial charge in [0.2, 0.25) is 0 Å². The van der Waals surface area contributed by atoms with Crippen LogP contribution in [0, 0.1) is 11.3 Å². The highest BCUT2D eigenvalue weighted by atomic mass is 16.4. The summed E-state index contributed by atoms with van der Waals surface area (Å²) in [7, 11) is 0. The van der Waals surface area contributed by atoms with Crippen LogP contribution in [0.3, 0.4) is 0 Å². The topological polar surface area (TPSA) is 92.4 Å². The highest BCUT2D eigenvalue weighted by Crippen LogP contribution is 2.55. The molecule has 21 heavy (non-hydrogen) atoms. The lowest BCUT2D eigenvalue weighted by Gasteiger charge is -2.28. The van der Waals surface area contributed by atoms with Crippen molar-refractivity contribution < 1.29 is 14.7 Å². The van der Waals surface area contributed by atoms with Crippen LogP contribution in [0.1, 0.15) is 59.3 Å². The molecule has 0 amide bonds. The molecule has 122 valence electrons. The molecule has 0 heterocycles. The first-order valence-corrected chi connectivity index (χ1v) is 7.90. The Balaban J connectivity index is 2.29. The first-order valence-electron chi connectivity index (χ1n) is 7.90. The van der Waals surface area contributed by atoms with Gasteiger partial charge in [-0.1, -0.05) is 20.3 Å². The highest BCUT2D eigenvalue weighted by molar-refractivity contribution is 5.73. The SMILES string of the molecule is CC(C)C1(CCCC(C)(N)CN[C@@H](C=O)CC(=O)O)CC1. The second kappa shape index (κ2) is 7.36. The van der Waals surface area contributed by atoms with Crippen molar-refractivity contribution in [2.24, 2.45) is 17.1 Å². The molecule has 2 atom stereocenters. The monoisotopic (exact) mass is 298 g/mol. The zero-order valence-corrected chi connectivity index (χ0v) is 13.5. The lowest BCUT2D eigenvalue weighted by Crippen LogP contribution is -2.49. The van der Waals surface area contributed by atoms with E-state index in [1.165, 1.54) is 19.3 Å². The number of carboxylic acid groups (broad SMARTS) is 1. The molecule has 0 aromatic rings. The minimum atomic E-state index is -0.981. The molecule has 0 bridgehead atoms. The summed E-state index contributed by atoms with van der Waals surface area (Å²) >= 11 is 0. The number of carbonyl (C=O) groups is 2. The van der Waals surface area contributed by atoms with E-state index in [0.717, 1.165) is 18.8 Å². The van der Waals surface area contributed by atoms with E-state index in [-0.39, 0.29) is 6.42 Å². The Morgan fingerprint density at radius 3 is 2.52 bits per heavy atom. The van der Waals surface area contributed by atoms with E-state index in [2.05, 4.69) is 19.2 Å². The summed E-state index contributed by atoms with van der Waals surface area (Å²) in [4.78, 5) is 21.4. The van der Waals surface area contributed by atoms with Crippen molar-refractivity contribution in [1.29, 1.82) is 0 Å². The summed E-state index contributed by atoms with van der Waals surface area (Å²) in [6.45, 7) is 6.99. The molecule has 0 aromatic carbocycles. The number of nitrogens with one attached hydrogen (secondary N) is 1. The zero-order valence-electron chi connectivity index (χ0n) is 13.5. The molecule has 4 N–H and O–H groups in total. The second-order valence-electron chi connectivity index (χ2n) is 7.25. The average molecular weight is 298 g/mol. The van der Waals surface area contributed by atoms with Crippen molar-refractivity contribution in [1.82, 2.24) is 5.32 Å². The van der Waals surface area contributed by atoms with E-state index >= 15 is 0 Å². The second-order valence-corrected chi connectivity index (χ2v) is 7.25. The average Bonchev–Trinajstić information content (AvgIpc) is 3.15. The summed E-state index contributed by atoms with van der Waals surface area (Å²) in [5, 5.41) is 11.7. The van der Waals surface area contributed by atoms with Crippen LogP contribution < -0.4 is 11.1 Å². The molecule has 1 aliphatic rings. The number of nitrogens with two attached hydrogens (primary N) is 1. The Labute approximate surface area is 127 Å². The third-order valence-corrected chi connectivity index (χ3v) is 4.87. The van der Waals surface area contributed by atoms with Gasteiger partial charge in [-0.2, -0.15) is 0 Å². The van der Waals surface area contributed by atoms with Crippen molar-refractivity contribution in [3.63, 3.8) is 0 Å². The first kappa shape index (κ1) is 18.1. The summed E-state index contributed by atoms with van der Waals surface area (Å²) < 4.78 is 0. The van der Waals surface area contributed by atoms with Crippen molar-refractivity contribution in [3.8, 4) is 0 Å². The minimum Gasteiger partial charge on any atom is -0.481 e. The Bertz CT molecular complexity index is 363. The van der Waals surface area contributed by atoms with Gasteiger partial charge in [-0.3, -0.25) is 4.79 Å². The molecule has 5 heteroatoms. The Morgan fingerprint density at radius 2 is 2.10 bits per heavy atom. The maximum Gasteiger partial charge on any atom is 0.305 e. The van der Waals surface area contributed by atoms with Crippen LogP contribution in [0.2, 0.25) is 0 Å². The summed E-state index contributed by atoms with van der Waals surface area (Å²) in [6, 6.07) is -0.657. The van der Waals surface area contributed by atoms with E-state index in [4.69, 9.17) is 10.8 Å². The van der Waals surface area contributed by atoms with E-state index in [9.17, 15) is 9.59 Å². The molecule has 0 aromatic heterocycles. The fraction of sp³-hybridized carbons (Fsp3) is 0.875. The van der Waals surface area contributed by atoms with E-state index in [1.807, 2.05) is 6.92 Å². The fourth-order valence-electron chi connectivity index (χ4n) is 2.93. The van der Waals surface area contributed by atoms with Gasteiger partial charge in [-0.25, -0.2) is 0 Å². The molecule has 0 radical (unpaired) electrons. The normalized spacial score (nSPS) is 20.8. The minimum absolute atomic E-state index is 0.198. The van der Waals surface area contributed by atoms with Gasteiger partial charge in [0.25, 0.3) is 0 Å². The van der Waals surface area contributed by atoms with Crippen LogP contribution in [-0.2, 0) is 9.59 Å². The van der Waals surface area contributed by atoms with Gasteiger partial charge in [-0.15, -0.1) is 0 Å². The molecule has 1 aliphatic carbocycles. The van der Waals surface area contributed by atoms with Crippen LogP contribution in [0.15, 0.2) is 0 Å². The van der Waals surface area contributed by atoms with Crippen LogP contribution >= 0.6 is 0 Å². The van der Waals surface area contributed by atoms with Gasteiger partial charge in [-0.05, 0) is 43.9 Å². The zero-order chi connectivity index (χ0) is 16.1. The molecule has 1 fully saturated rings. The fourth-order valence-corrected chi connectivity index (χ4v) is 2.93. The molecular weight excluding hydrogens is 268 g/mol. The molecular formula is C16H30N2O3. The Hall–Kier alpha value is -0.940. The number of aldehydes is 1. The summed E-state index contributed by atoms with van der Waals surface area (Å²) in [6.07, 6.45) is 6.28. The lowest BCUT2D eigenvalue weighted by molar-refractivity contribution is -0.138. The number of carboxylic acids is 1. The van der Waals surface area contributed by atoms with E-state index < -0.39 is 17.6 Å². The van der Waals surface area contributed by atoms with Gasteiger partial charge in [0.15, 0.2) is 0 Å². The maximum atomic E-state index is 10.8. The predicted octanol–water partition coefficient (Wildman–Crippen LogP) is 1.94. The van der Waals surface area contributed by atoms with Gasteiger partial charge < -0.3 is 21.0 Å². The number of aliphatic carboxylic acids is 1. The molecule has 5 nitrogen and oxygen atoms in total. The molecule has 0 saturated heterocycles. The van der Waals surface area contributed by atoms with Crippen molar-refractivity contribution in [3.05, 3.63) is 0 Å². The van der Waals surface area contributed by atoms with Gasteiger partial charge >= 0.3 is 5.97 Å². The molecule has 1 rings (SSSR count). The van der Waals surface area contributed by atoms with Gasteiger partial charge in [0, 0.05) is 12.1 Å². The largest absolute Gasteiger partial charge is 0.481 e.